The summed E-state index contributed by atoms with van der Waals surface area (Å²) in [5.74, 6) is -0.0737. The van der Waals surface area contributed by atoms with Crippen LogP contribution in [0.1, 0.15) is 6.92 Å². The van der Waals surface area contributed by atoms with Crippen LogP contribution >= 0.6 is 0 Å². The van der Waals surface area contributed by atoms with Gasteiger partial charge in [0.05, 0.1) is 23.7 Å². The van der Waals surface area contributed by atoms with Crippen LogP contribution in [0, 0.1) is 0 Å². The van der Waals surface area contributed by atoms with Crippen LogP contribution in [0.15, 0.2) is 23.1 Å². The predicted octanol–water partition coefficient (Wildman–Crippen LogP) is 0.0324. The van der Waals surface area contributed by atoms with E-state index in [4.69, 9.17) is 10.5 Å². The van der Waals surface area contributed by atoms with Crippen molar-refractivity contribution in [3.63, 3.8) is 0 Å². The smallest absolute Gasteiger partial charge is 0.241 e. The number of carbonyl (C=O) groups excluding carboxylic acids is 1. The first-order chi connectivity index (χ1) is 9.19. The summed E-state index contributed by atoms with van der Waals surface area (Å²) in [6, 6.07) is 3.24. The second kappa shape index (κ2) is 6.10. The third-order valence-electron chi connectivity index (χ3n) is 2.66. The molecule has 1 unspecified atom stereocenters. The number of nitrogen functional groups attached to an aromatic ring is 1. The molecule has 0 radical (unpaired) electrons. The minimum absolute atomic E-state index is 0.0121. The summed E-state index contributed by atoms with van der Waals surface area (Å²) in [7, 11) is 0.686. The second-order valence-corrected chi connectivity index (χ2v) is 6.19. The third kappa shape index (κ3) is 3.61. The number of nitrogens with two attached hydrogens (primary N) is 1. The molecule has 8 heteroatoms. The molecular formula is C12H19N3O4S. The quantitative estimate of drug-likeness (QED) is 0.747. The van der Waals surface area contributed by atoms with Crippen LogP contribution in [0.5, 0.6) is 5.75 Å². The molecule has 3 N–H and O–H groups in total. The van der Waals surface area contributed by atoms with Crippen LogP contribution < -0.4 is 15.2 Å². The zero-order valence-corrected chi connectivity index (χ0v) is 12.7. The lowest BCUT2D eigenvalue weighted by molar-refractivity contribution is -0.130. The SMILES string of the molecule is COc1cc(S(=O)(=O)NC(C)C(=O)N(C)C)ccc1N. The maximum atomic E-state index is 12.2. The number of carbonyl (C=O) groups is 1. The molecule has 1 aromatic carbocycles. The molecule has 0 saturated heterocycles. The molecule has 0 fully saturated rings. The van der Waals surface area contributed by atoms with Crippen molar-refractivity contribution in [2.75, 3.05) is 26.9 Å². The Morgan fingerprint density at radius 2 is 2.00 bits per heavy atom. The average molecular weight is 301 g/mol. The van der Waals surface area contributed by atoms with Crippen LogP contribution in [-0.4, -0.2) is 46.5 Å². The van der Waals surface area contributed by atoms with Crippen LogP contribution in [0.4, 0.5) is 5.69 Å². The lowest BCUT2D eigenvalue weighted by Crippen LogP contribution is -2.44. The fourth-order valence-corrected chi connectivity index (χ4v) is 2.81. The van der Waals surface area contributed by atoms with Crippen molar-refractivity contribution >= 4 is 21.6 Å². The Bertz CT molecular complexity index is 599. The number of amides is 1. The van der Waals surface area contributed by atoms with Gasteiger partial charge >= 0.3 is 0 Å². The van der Waals surface area contributed by atoms with E-state index in [-0.39, 0.29) is 16.6 Å². The largest absolute Gasteiger partial charge is 0.495 e. The van der Waals surface area contributed by atoms with Crippen molar-refractivity contribution in [3.05, 3.63) is 18.2 Å². The van der Waals surface area contributed by atoms with Gasteiger partial charge in [-0.25, -0.2) is 8.42 Å². The monoisotopic (exact) mass is 301 g/mol. The van der Waals surface area contributed by atoms with E-state index in [0.29, 0.717) is 5.69 Å². The molecule has 0 aromatic heterocycles. The van der Waals surface area contributed by atoms with Gasteiger partial charge in [0, 0.05) is 20.2 Å². The standard InChI is InChI=1S/C12H19N3O4S/c1-8(12(16)15(2)3)14-20(17,18)9-5-6-10(13)11(7-9)19-4/h5-8,14H,13H2,1-4H3. The van der Waals surface area contributed by atoms with Crippen molar-refractivity contribution < 1.29 is 17.9 Å². The van der Waals surface area contributed by atoms with Crippen molar-refractivity contribution in [1.29, 1.82) is 0 Å². The number of benzene rings is 1. The Morgan fingerprint density at radius 1 is 1.40 bits per heavy atom. The molecule has 20 heavy (non-hydrogen) atoms. The van der Waals surface area contributed by atoms with E-state index < -0.39 is 16.1 Å². The van der Waals surface area contributed by atoms with Gasteiger partial charge in [0.15, 0.2) is 0 Å². The second-order valence-electron chi connectivity index (χ2n) is 4.48. The van der Waals surface area contributed by atoms with Gasteiger partial charge in [-0.15, -0.1) is 0 Å². The number of methoxy groups -OCH3 is 1. The Kier molecular flexibility index (Phi) is 4.96. The number of anilines is 1. The van der Waals surface area contributed by atoms with Gasteiger partial charge < -0.3 is 15.4 Å². The zero-order chi connectivity index (χ0) is 15.5. The molecular weight excluding hydrogens is 282 g/mol. The number of hydrogen-bond acceptors (Lipinski definition) is 5. The highest BCUT2D eigenvalue weighted by Gasteiger charge is 2.23. The topological polar surface area (TPSA) is 102 Å². The maximum Gasteiger partial charge on any atom is 0.241 e. The zero-order valence-electron chi connectivity index (χ0n) is 11.9. The van der Waals surface area contributed by atoms with E-state index in [1.807, 2.05) is 0 Å². The number of ether oxygens (including phenoxy) is 1. The molecule has 0 heterocycles. The molecule has 112 valence electrons. The summed E-state index contributed by atoms with van der Waals surface area (Å²) >= 11 is 0. The summed E-state index contributed by atoms with van der Waals surface area (Å²) in [5.41, 5.74) is 5.97. The van der Waals surface area contributed by atoms with Crippen LogP contribution in [-0.2, 0) is 14.8 Å². The Morgan fingerprint density at radius 3 is 2.50 bits per heavy atom. The van der Waals surface area contributed by atoms with Crippen molar-refractivity contribution in [1.82, 2.24) is 9.62 Å². The predicted molar refractivity (Wildman–Crippen MR) is 75.9 cm³/mol. The molecule has 0 saturated carbocycles. The summed E-state index contributed by atoms with van der Waals surface area (Å²) in [6.45, 7) is 1.48. The molecule has 0 bridgehead atoms. The van der Waals surface area contributed by atoms with Gasteiger partial charge in [-0.05, 0) is 19.1 Å². The molecule has 0 aliphatic heterocycles. The summed E-state index contributed by atoms with van der Waals surface area (Å²) in [6.07, 6.45) is 0. The van der Waals surface area contributed by atoms with Crippen molar-refractivity contribution in [3.8, 4) is 5.75 Å². The van der Waals surface area contributed by atoms with E-state index in [0.717, 1.165) is 0 Å². The molecule has 0 aliphatic rings. The van der Waals surface area contributed by atoms with E-state index >= 15 is 0 Å². The van der Waals surface area contributed by atoms with E-state index in [2.05, 4.69) is 4.72 Å². The summed E-state index contributed by atoms with van der Waals surface area (Å²) in [4.78, 5) is 13.0. The fraction of sp³-hybridized carbons (Fsp3) is 0.417. The number of hydrogen-bond donors (Lipinski definition) is 2. The minimum Gasteiger partial charge on any atom is -0.495 e. The van der Waals surface area contributed by atoms with Crippen LogP contribution in [0.3, 0.4) is 0 Å². The first-order valence-corrected chi connectivity index (χ1v) is 7.34. The van der Waals surface area contributed by atoms with Crippen LogP contribution in [0.2, 0.25) is 0 Å². The lowest BCUT2D eigenvalue weighted by Gasteiger charge is -2.18. The van der Waals surface area contributed by atoms with E-state index in [9.17, 15) is 13.2 Å². The van der Waals surface area contributed by atoms with Gasteiger partial charge in [0.1, 0.15) is 5.75 Å². The van der Waals surface area contributed by atoms with Gasteiger partial charge in [0.25, 0.3) is 0 Å². The minimum atomic E-state index is -3.82. The molecule has 7 nitrogen and oxygen atoms in total. The van der Waals surface area contributed by atoms with Gasteiger partial charge in [-0.1, -0.05) is 0 Å². The molecule has 1 rings (SSSR count). The Labute approximate surface area is 118 Å². The number of rotatable bonds is 5. The maximum absolute atomic E-state index is 12.2. The third-order valence-corrected chi connectivity index (χ3v) is 4.20. The molecule has 1 amide bonds. The fourth-order valence-electron chi connectivity index (χ4n) is 1.60. The Hall–Kier alpha value is -1.80. The highest BCUT2D eigenvalue weighted by molar-refractivity contribution is 7.89. The number of likely N-dealkylation sites (N-methyl/N-ethyl adjacent to an activating group) is 1. The van der Waals surface area contributed by atoms with Gasteiger partial charge in [-0.3, -0.25) is 4.79 Å². The Balaban J connectivity index is 3.03. The first kappa shape index (κ1) is 16.3. The first-order valence-electron chi connectivity index (χ1n) is 5.86. The highest BCUT2D eigenvalue weighted by Crippen LogP contribution is 2.24. The lowest BCUT2D eigenvalue weighted by atomic mass is 10.3. The van der Waals surface area contributed by atoms with Gasteiger partial charge in [-0.2, -0.15) is 4.72 Å². The van der Waals surface area contributed by atoms with Crippen LogP contribution in [0.25, 0.3) is 0 Å². The number of sulfonamides is 1. The number of nitrogens with one attached hydrogen (secondary N) is 1. The summed E-state index contributed by atoms with van der Waals surface area (Å²) in [5, 5.41) is 0. The number of nitrogens with zero attached hydrogens (tertiary/aromatic N) is 1. The molecule has 0 spiro atoms. The normalized spacial score (nSPS) is 12.8. The molecule has 1 aromatic rings. The average Bonchev–Trinajstić information content (AvgIpc) is 2.37. The van der Waals surface area contributed by atoms with Crippen molar-refractivity contribution in [2.24, 2.45) is 0 Å². The molecule has 1 atom stereocenters. The molecule has 0 aliphatic carbocycles. The van der Waals surface area contributed by atoms with E-state index in [1.165, 1.54) is 37.1 Å². The van der Waals surface area contributed by atoms with Crippen molar-refractivity contribution in [2.45, 2.75) is 17.9 Å². The summed E-state index contributed by atoms with van der Waals surface area (Å²) < 4.78 is 31.6. The highest BCUT2D eigenvalue weighted by atomic mass is 32.2. The van der Waals surface area contributed by atoms with E-state index in [1.54, 1.807) is 14.1 Å². The van der Waals surface area contributed by atoms with Gasteiger partial charge in [0.2, 0.25) is 15.9 Å².